The summed E-state index contributed by atoms with van der Waals surface area (Å²) in [6.07, 6.45) is 8.40. The molecule has 22 heavy (non-hydrogen) atoms. The Kier molecular flexibility index (Phi) is 4.86. The predicted molar refractivity (Wildman–Crippen MR) is 87.2 cm³/mol. The summed E-state index contributed by atoms with van der Waals surface area (Å²) < 4.78 is 0. The zero-order valence-corrected chi connectivity index (χ0v) is 13.8. The Labute approximate surface area is 134 Å². The minimum Gasteiger partial charge on any atom is -0.352 e. The van der Waals surface area contributed by atoms with Crippen molar-refractivity contribution in [3.63, 3.8) is 0 Å². The number of amides is 1. The molecule has 0 aliphatic heterocycles. The second-order valence-electron chi connectivity index (χ2n) is 6.25. The molecule has 1 atom stereocenters. The van der Waals surface area contributed by atoms with Crippen molar-refractivity contribution >= 4 is 17.7 Å². The lowest BCUT2D eigenvalue weighted by Gasteiger charge is -2.17. The van der Waals surface area contributed by atoms with Crippen molar-refractivity contribution < 1.29 is 4.79 Å². The fraction of sp³-hybridized carbons (Fsp3) is 0.688. The van der Waals surface area contributed by atoms with Gasteiger partial charge in [-0.05, 0) is 45.4 Å². The number of thioether (sulfide) groups is 1. The van der Waals surface area contributed by atoms with Crippen LogP contribution in [-0.4, -0.2) is 27.2 Å². The summed E-state index contributed by atoms with van der Waals surface area (Å²) in [6.45, 7) is 1.87. The number of rotatable bonds is 4. The van der Waals surface area contributed by atoms with Gasteiger partial charge in [-0.2, -0.15) is 0 Å². The van der Waals surface area contributed by atoms with Crippen LogP contribution in [0, 0.1) is 0 Å². The van der Waals surface area contributed by atoms with E-state index in [1.54, 1.807) is 0 Å². The fourth-order valence-corrected chi connectivity index (χ4v) is 4.07. The zero-order valence-electron chi connectivity index (χ0n) is 13.0. The van der Waals surface area contributed by atoms with E-state index in [2.05, 4.69) is 15.3 Å². The van der Waals surface area contributed by atoms with Crippen LogP contribution < -0.4 is 10.9 Å². The first kappa shape index (κ1) is 15.6. The van der Waals surface area contributed by atoms with E-state index in [4.69, 9.17) is 0 Å². The highest BCUT2D eigenvalue weighted by Crippen LogP contribution is 2.23. The minimum absolute atomic E-state index is 0.0319. The van der Waals surface area contributed by atoms with Crippen molar-refractivity contribution in [2.45, 2.75) is 74.7 Å². The van der Waals surface area contributed by atoms with Gasteiger partial charge in [-0.1, -0.05) is 24.6 Å². The number of hydrogen-bond acceptors (Lipinski definition) is 4. The number of carbonyl (C=O) groups is 1. The van der Waals surface area contributed by atoms with Crippen molar-refractivity contribution in [2.75, 3.05) is 0 Å². The number of nitrogens with zero attached hydrogens (tertiary/aromatic N) is 1. The van der Waals surface area contributed by atoms with E-state index in [1.807, 2.05) is 6.92 Å². The van der Waals surface area contributed by atoms with E-state index in [0.717, 1.165) is 49.8 Å². The van der Waals surface area contributed by atoms with Crippen molar-refractivity contribution in [1.29, 1.82) is 0 Å². The molecule has 2 aliphatic rings. The molecule has 1 aromatic heterocycles. The number of nitrogens with one attached hydrogen (secondary N) is 2. The van der Waals surface area contributed by atoms with E-state index < -0.39 is 0 Å². The molecule has 120 valence electrons. The van der Waals surface area contributed by atoms with Crippen LogP contribution in [0.5, 0.6) is 0 Å². The molecule has 5 nitrogen and oxygen atoms in total. The Balaban J connectivity index is 1.65. The van der Waals surface area contributed by atoms with Gasteiger partial charge in [-0.3, -0.25) is 9.59 Å². The summed E-state index contributed by atoms with van der Waals surface area (Å²) in [5, 5.41) is 3.42. The van der Waals surface area contributed by atoms with Gasteiger partial charge in [-0.25, -0.2) is 4.98 Å². The molecule has 6 heteroatoms. The van der Waals surface area contributed by atoms with Gasteiger partial charge in [0, 0.05) is 11.6 Å². The normalized spacial score (nSPS) is 19.7. The number of hydrogen-bond donors (Lipinski definition) is 2. The van der Waals surface area contributed by atoms with Crippen molar-refractivity contribution in [3.05, 3.63) is 21.6 Å². The molecule has 0 radical (unpaired) electrons. The van der Waals surface area contributed by atoms with Gasteiger partial charge in [0.25, 0.3) is 5.56 Å². The number of H-pyrrole nitrogens is 1. The molecule has 0 aromatic carbocycles. The average molecular weight is 321 g/mol. The van der Waals surface area contributed by atoms with Gasteiger partial charge in [0.1, 0.15) is 0 Å². The first-order chi connectivity index (χ1) is 10.6. The van der Waals surface area contributed by atoms with Gasteiger partial charge >= 0.3 is 0 Å². The second kappa shape index (κ2) is 6.86. The second-order valence-corrected chi connectivity index (χ2v) is 7.58. The number of aromatic amines is 1. The highest BCUT2D eigenvalue weighted by Gasteiger charge is 2.23. The quantitative estimate of drug-likeness (QED) is 0.658. The Bertz CT molecular complexity index is 608. The first-order valence-corrected chi connectivity index (χ1v) is 9.10. The number of carbonyl (C=O) groups excluding carboxylic acids is 1. The SMILES string of the molecule is CC(Sc1nc2c(c(=O)[nH]1)CCCC2)C(=O)NC1CCCC1. The van der Waals surface area contributed by atoms with Gasteiger partial charge < -0.3 is 10.3 Å². The van der Waals surface area contributed by atoms with Crippen LogP contribution in [0.15, 0.2) is 9.95 Å². The summed E-state index contributed by atoms with van der Waals surface area (Å²) in [7, 11) is 0. The Morgan fingerprint density at radius 3 is 2.77 bits per heavy atom. The highest BCUT2D eigenvalue weighted by molar-refractivity contribution is 8.00. The molecule has 1 amide bonds. The topological polar surface area (TPSA) is 74.8 Å². The van der Waals surface area contributed by atoms with Crippen LogP contribution in [-0.2, 0) is 17.6 Å². The molecule has 2 N–H and O–H groups in total. The molecular weight excluding hydrogens is 298 g/mol. The summed E-state index contributed by atoms with van der Waals surface area (Å²) in [6, 6.07) is 0.325. The Hall–Kier alpha value is -1.30. The molecule has 0 spiro atoms. The summed E-state index contributed by atoms with van der Waals surface area (Å²) >= 11 is 1.34. The smallest absolute Gasteiger partial charge is 0.254 e. The van der Waals surface area contributed by atoms with E-state index in [0.29, 0.717) is 11.2 Å². The largest absolute Gasteiger partial charge is 0.352 e. The molecular formula is C16H23N3O2S. The van der Waals surface area contributed by atoms with Crippen molar-refractivity contribution in [2.24, 2.45) is 0 Å². The van der Waals surface area contributed by atoms with E-state index in [9.17, 15) is 9.59 Å². The fourth-order valence-electron chi connectivity index (χ4n) is 3.25. The van der Waals surface area contributed by atoms with E-state index in [1.165, 1.54) is 24.6 Å². The summed E-state index contributed by atoms with van der Waals surface area (Å²) in [5.74, 6) is 0.0391. The predicted octanol–water partition coefficient (Wildman–Crippen LogP) is 2.19. The summed E-state index contributed by atoms with van der Waals surface area (Å²) in [5.41, 5.74) is 1.72. The van der Waals surface area contributed by atoms with Crippen LogP contribution in [0.4, 0.5) is 0 Å². The Morgan fingerprint density at radius 1 is 1.27 bits per heavy atom. The molecule has 1 saturated carbocycles. The third-order valence-electron chi connectivity index (χ3n) is 4.53. The van der Waals surface area contributed by atoms with Crippen LogP contribution in [0.25, 0.3) is 0 Å². The van der Waals surface area contributed by atoms with Crippen LogP contribution >= 0.6 is 11.8 Å². The molecule has 3 rings (SSSR count). The lowest BCUT2D eigenvalue weighted by molar-refractivity contribution is -0.120. The zero-order chi connectivity index (χ0) is 15.5. The first-order valence-electron chi connectivity index (χ1n) is 8.22. The van der Waals surface area contributed by atoms with Gasteiger partial charge in [-0.15, -0.1) is 0 Å². The van der Waals surface area contributed by atoms with Gasteiger partial charge in [0.15, 0.2) is 5.16 Å². The molecule has 0 bridgehead atoms. The van der Waals surface area contributed by atoms with E-state index >= 15 is 0 Å². The molecule has 1 aromatic rings. The highest BCUT2D eigenvalue weighted by atomic mass is 32.2. The number of aryl methyl sites for hydroxylation is 1. The standard InChI is InChI=1S/C16H23N3O2S/c1-10(14(20)17-11-6-2-3-7-11)22-16-18-13-9-5-4-8-12(13)15(21)19-16/h10-11H,2-9H2,1H3,(H,17,20)(H,18,19,21). The van der Waals surface area contributed by atoms with Crippen LogP contribution in [0.1, 0.15) is 56.7 Å². The molecule has 1 heterocycles. The molecule has 2 aliphatic carbocycles. The van der Waals surface area contributed by atoms with Crippen molar-refractivity contribution in [3.8, 4) is 0 Å². The lowest BCUT2D eigenvalue weighted by atomic mass is 9.97. The van der Waals surface area contributed by atoms with Crippen LogP contribution in [0.3, 0.4) is 0 Å². The van der Waals surface area contributed by atoms with Gasteiger partial charge in [0.05, 0.1) is 10.9 Å². The maximum atomic E-state index is 12.2. The lowest BCUT2D eigenvalue weighted by Crippen LogP contribution is -2.37. The maximum absolute atomic E-state index is 12.2. The number of fused-ring (bicyclic) bond motifs is 1. The average Bonchev–Trinajstić information content (AvgIpc) is 3.00. The van der Waals surface area contributed by atoms with Gasteiger partial charge in [0.2, 0.25) is 5.91 Å². The third kappa shape index (κ3) is 3.54. The summed E-state index contributed by atoms with van der Waals surface area (Å²) in [4.78, 5) is 31.7. The molecule has 0 saturated heterocycles. The minimum atomic E-state index is -0.245. The van der Waals surface area contributed by atoms with Crippen LogP contribution in [0.2, 0.25) is 0 Å². The van der Waals surface area contributed by atoms with E-state index in [-0.39, 0.29) is 16.7 Å². The van der Waals surface area contributed by atoms with Crippen molar-refractivity contribution in [1.82, 2.24) is 15.3 Å². The molecule has 1 fully saturated rings. The molecule has 1 unspecified atom stereocenters. The monoisotopic (exact) mass is 321 g/mol. The third-order valence-corrected chi connectivity index (χ3v) is 5.51. The Morgan fingerprint density at radius 2 is 2.00 bits per heavy atom. The number of aromatic nitrogens is 2. The maximum Gasteiger partial charge on any atom is 0.254 e.